The van der Waals surface area contributed by atoms with E-state index in [1.165, 1.54) is 36.4 Å². The highest BCUT2D eigenvalue weighted by atomic mass is 32.2. The summed E-state index contributed by atoms with van der Waals surface area (Å²) < 4.78 is 55.5. The van der Waals surface area contributed by atoms with Gasteiger partial charge in [-0.3, -0.25) is 4.72 Å². The standard InChI is InChI=1S/C24H20F2N2O2S/c25-16-10-8-15(9-11-16)24-19-5-3-4-18(19)20-14-17(12-13-22(20)27-24)31(29,30)28-23-7-2-1-6-21(23)26/h1-4,6-14,18-19,24,27-28H,5H2/t18?,19-,24+/m0/s1. The predicted octanol–water partition coefficient (Wildman–Crippen LogP) is 5.59. The maximum Gasteiger partial charge on any atom is 0.261 e. The summed E-state index contributed by atoms with van der Waals surface area (Å²) in [5.41, 5.74) is 2.62. The number of fused-ring (bicyclic) bond motifs is 3. The minimum absolute atomic E-state index is 0.00732. The number of hydrogen-bond acceptors (Lipinski definition) is 3. The van der Waals surface area contributed by atoms with Gasteiger partial charge in [-0.25, -0.2) is 17.2 Å². The summed E-state index contributed by atoms with van der Waals surface area (Å²) in [5, 5.41) is 3.50. The highest BCUT2D eigenvalue weighted by Crippen LogP contribution is 2.50. The van der Waals surface area contributed by atoms with Crippen LogP contribution in [0.1, 0.15) is 29.5 Å². The van der Waals surface area contributed by atoms with Crippen molar-refractivity contribution >= 4 is 21.4 Å². The molecule has 0 amide bonds. The average molecular weight is 438 g/mol. The van der Waals surface area contributed by atoms with Crippen LogP contribution in [-0.2, 0) is 10.0 Å². The molecule has 2 N–H and O–H groups in total. The second-order valence-corrected chi connectivity index (χ2v) is 9.54. The summed E-state index contributed by atoms with van der Waals surface area (Å²) in [6.45, 7) is 0. The Bertz CT molecular complexity index is 1270. The number of para-hydroxylation sites is 1. The van der Waals surface area contributed by atoms with Gasteiger partial charge in [0.25, 0.3) is 10.0 Å². The molecule has 3 atom stereocenters. The quantitative estimate of drug-likeness (QED) is 0.522. The zero-order valence-corrected chi connectivity index (χ0v) is 17.2. The highest BCUT2D eigenvalue weighted by Gasteiger charge is 2.38. The van der Waals surface area contributed by atoms with E-state index in [1.54, 1.807) is 30.3 Å². The third-order valence-electron chi connectivity index (χ3n) is 5.99. The molecular formula is C24H20F2N2O2S. The van der Waals surface area contributed by atoms with E-state index in [1.807, 2.05) is 0 Å². The lowest BCUT2D eigenvalue weighted by Crippen LogP contribution is -2.29. The molecule has 7 heteroatoms. The molecule has 0 spiro atoms. The lowest BCUT2D eigenvalue weighted by molar-refractivity contribution is 0.424. The lowest BCUT2D eigenvalue weighted by Gasteiger charge is -2.37. The van der Waals surface area contributed by atoms with Crippen LogP contribution < -0.4 is 10.0 Å². The molecule has 0 aromatic heterocycles. The monoisotopic (exact) mass is 438 g/mol. The molecule has 158 valence electrons. The predicted molar refractivity (Wildman–Crippen MR) is 116 cm³/mol. The van der Waals surface area contributed by atoms with Crippen molar-refractivity contribution in [3.8, 4) is 0 Å². The van der Waals surface area contributed by atoms with Gasteiger partial charge in [-0.15, -0.1) is 0 Å². The summed E-state index contributed by atoms with van der Waals surface area (Å²) in [7, 11) is -3.95. The van der Waals surface area contributed by atoms with Crippen LogP contribution in [0.5, 0.6) is 0 Å². The zero-order valence-electron chi connectivity index (χ0n) is 16.4. The number of benzene rings is 3. The number of rotatable bonds is 4. The van der Waals surface area contributed by atoms with Crippen molar-refractivity contribution in [2.45, 2.75) is 23.3 Å². The molecule has 0 fully saturated rings. The Morgan fingerprint density at radius 1 is 0.968 bits per heavy atom. The first kappa shape index (κ1) is 19.8. The van der Waals surface area contributed by atoms with Gasteiger partial charge >= 0.3 is 0 Å². The summed E-state index contributed by atoms with van der Waals surface area (Å²) in [6, 6.07) is 17.0. The molecule has 0 saturated heterocycles. The normalized spacial score (nSPS) is 21.8. The van der Waals surface area contributed by atoms with Gasteiger partial charge < -0.3 is 5.32 Å². The second kappa shape index (κ2) is 7.50. The van der Waals surface area contributed by atoms with E-state index in [2.05, 4.69) is 22.2 Å². The molecule has 31 heavy (non-hydrogen) atoms. The summed E-state index contributed by atoms with van der Waals surface area (Å²) in [5.74, 6) is -0.685. The molecule has 0 saturated carbocycles. The molecular weight excluding hydrogens is 418 g/mol. The van der Waals surface area contributed by atoms with Gasteiger partial charge in [0, 0.05) is 11.6 Å². The van der Waals surface area contributed by atoms with E-state index in [4.69, 9.17) is 0 Å². The van der Waals surface area contributed by atoms with Gasteiger partial charge in [-0.2, -0.15) is 0 Å². The molecule has 3 aromatic rings. The van der Waals surface area contributed by atoms with Crippen LogP contribution >= 0.6 is 0 Å². The van der Waals surface area contributed by atoms with Crippen molar-refractivity contribution in [3.05, 3.63) is 102 Å². The van der Waals surface area contributed by atoms with Gasteiger partial charge in [0.15, 0.2) is 0 Å². The molecule has 1 aliphatic carbocycles. The first-order chi connectivity index (χ1) is 14.9. The fourth-order valence-electron chi connectivity index (χ4n) is 4.49. The van der Waals surface area contributed by atoms with Crippen molar-refractivity contribution in [1.29, 1.82) is 0 Å². The van der Waals surface area contributed by atoms with E-state index in [0.29, 0.717) is 0 Å². The molecule has 3 aromatic carbocycles. The summed E-state index contributed by atoms with van der Waals surface area (Å²) in [6.07, 6.45) is 5.03. The van der Waals surface area contributed by atoms with Gasteiger partial charge in [0.1, 0.15) is 11.6 Å². The van der Waals surface area contributed by atoms with Crippen LogP contribution in [0.4, 0.5) is 20.2 Å². The Morgan fingerprint density at radius 3 is 2.52 bits per heavy atom. The molecule has 1 unspecified atom stereocenters. The molecule has 1 aliphatic heterocycles. The van der Waals surface area contributed by atoms with Crippen LogP contribution in [0.3, 0.4) is 0 Å². The van der Waals surface area contributed by atoms with Crippen molar-refractivity contribution in [2.75, 3.05) is 10.0 Å². The Balaban J connectivity index is 1.50. The van der Waals surface area contributed by atoms with Gasteiger partial charge in [0.05, 0.1) is 16.6 Å². The van der Waals surface area contributed by atoms with E-state index in [0.717, 1.165) is 23.2 Å². The van der Waals surface area contributed by atoms with Crippen LogP contribution in [0, 0.1) is 17.6 Å². The first-order valence-electron chi connectivity index (χ1n) is 10.0. The molecule has 2 aliphatic rings. The number of halogens is 2. The third-order valence-corrected chi connectivity index (χ3v) is 7.36. The third kappa shape index (κ3) is 3.59. The Morgan fingerprint density at radius 2 is 1.74 bits per heavy atom. The fraction of sp³-hybridized carbons (Fsp3) is 0.167. The maximum absolute atomic E-state index is 13.9. The molecule has 4 nitrogen and oxygen atoms in total. The summed E-state index contributed by atoms with van der Waals surface area (Å²) >= 11 is 0. The SMILES string of the molecule is O=S(=O)(Nc1ccccc1F)c1ccc2c(c1)C1C=CC[C@@H]1[C@@H](c1ccc(F)cc1)N2. The fourth-order valence-corrected chi connectivity index (χ4v) is 5.59. The van der Waals surface area contributed by atoms with Gasteiger partial charge in [0.2, 0.25) is 0 Å². The lowest BCUT2D eigenvalue weighted by atomic mass is 9.77. The molecule has 0 radical (unpaired) electrons. The van der Waals surface area contributed by atoms with Crippen LogP contribution in [0.2, 0.25) is 0 Å². The Kier molecular flexibility index (Phi) is 4.78. The van der Waals surface area contributed by atoms with Crippen molar-refractivity contribution < 1.29 is 17.2 Å². The van der Waals surface area contributed by atoms with Crippen LogP contribution in [0.25, 0.3) is 0 Å². The van der Waals surface area contributed by atoms with Crippen molar-refractivity contribution in [1.82, 2.24) is 0 Å². The number of anilines is 2. The first-order valence-corrected chi connectivity index (χ1v) is 11.5. The number of allylic oxidation sites excluding steroid dienone is 2. The minimum atomic E-state index is -3.95. The largest absolute Gasteiger partial charge is 0.378 e. The maximum atomic E-state index is 13.9. The van der Waals surface area contributed by atoms with E-state index in [-0.39, 0.29) is 34.3 Å². The zero-order chi connectivity index (χ0) is 21.6. The number of hydrogen-bond donors (Lipinski definition) is 2. The molecule has 1 heterocycles. The number of sulfonamides is 1. The van der Waals surface area contributed by atoms with Gasteiger partial charge in [-0.1, -0.05) is 36.4 Å². The van der Waals surface area contributed by atoms with Crippen LogP contribution in [0.15, 0.2) is 83.8 Å². The van der Waals surface area contributed by atoms with Gasteiger partial charge in [-0.05, 0) is 65.9 Å². The number of nitrogens with one attached hydrogen (secondary N) is 2. The van der Waals surface area contributed by atoms with Crippen molar-refractivity contribution in [2.24, 2.45) is 5.92 Å². The second-order valence-electron chi connectivity index (χ2n) is 7.86. The minimum Gasteiger partial charge on any atom is -0.378 e. The van der Waals surface area contributed by atoms with E-state index in [9.17, 15) is 17.2 Å². The highest BCUT2D eigenvalue weighted by molar-refractivity contribution is 7.92. The Labute approximate surface area is 179 Å². The smallest absolute Gasteiger partial charge is 0.261 e. The van der Waals surface area contributed by atoms with Crippen LogP contribution in [-0.4, -0.2) is 8.42 Å². The molecule has 0 bridgehead atoms. The summed E-state index contributed by atoms with van der Waals surface area (Å²) in [4.78, 5) is 0.0792. The average Bonchev–Trinajstić information content (AvgIpc) is 3.25. The van der Waals surface area contributed by atoms with E-state index >= 15 is 0 Å². The topological polar surface area (TPSA) is 58.2 Å². The Hall–Kier alpha value is -3.19. The molecule has 5 rings (SSSR count). The van der Waals surface area contributed by atoms with E-state index < -0.39 is 15.8 Å². The van der Waals surface area contributed by atoms with Crippen molar-refractivity contribution in [3.63, 3.8) is 0 Å².